The third-order valence-electron chi connectivity index (χ3n) is 4.02. The van der Waals surface area contributed by atoms with Crippen molar-refractivity contribution in [1.82, 2.24) is 5.43 Å². The Kier molecular flexibility index (Phi) is 7.07. The molecular weight excluding hydrogens is 402 g/mol. The van der Waals surface area contributed by atoms with Crippen LogP contribution in [-0.2, 0) is 16.0 Å². The molecule has 1 aromatic heterocycles. The predicted octanol–water partition coefficient (Wildman–Crippen LogP) is 3.62. The Labute approximate surface area is 177 Å². The number of nitrogens with one attached hydrogen (secondary N) is 2. The molecule has 0 saturated carbocycles. The summed E-state index contributed by atoms with van der Waals surface area (Å²) < 4.78 is 5.26. The Morgan fingerprint density at radius 3 is 2.37 bits per heavy atom. The second-order valence-electron chi connectivity index (χ2n) is 6.14. The molecule has 7 nitrogen and oxygen atoms in total. The fourth-order valence-corrected chi connectivity index (χ4v) is 3.00. The van der Waals surface area contributed by atoms with Gasteiger partial charge in [0.05, 0.1) is 6.21 Å². The Hall–Kier alpha value is -3.78. The lowest BCUT2D eigenvalue weighted by Gasteiger charge is -2.05. The first-order chi connectivity index (χ1) is 14.5. The number of rotatable bonds is 6. The van der Waals surface area contributed by atoms with Crippen molar-refractivity contribution in [3.63, 3.8) is 0 Å². The topological polar surface area (TPSA) is 96.9 Å². The van der Waals surface area contributed by atoms with E-state index in [1.165, 1.54) is 17.6 Å². The lowest BCUT2D eigenvalue weighted by Crippen LogP contribution is -2.32. The van der Waals surface area contributed by atoms with E-state index in [9.17, 15) is 14.4 Å². The highest BCUT2D eigenvalue weighted by Crippen LogP contribution is 2.16. The molecular formula is C22H19N3O4S. The maximum Gasteiger partial charge on any atom is 0.353 e. The van der Waals surface area contributed by atoms with Gasteiger partial charge in [0.1, 0.15) is 10.6 Å². The molecule has 152 valence electrons. The van der Waals surface area contributed by atoms with Gasteiger partial charge < -0.3 is 10.1 Å². The summed E-state index contributed by atoms with van der Waals surface area (Å²) in [5.74, 6) is -1.73. The molecule has 0 radical (unpaired) electrons. The molecule has 30 heavy (non-hydrogen) atoms. The minimum atomic E-state index is -0.882. The summed E-state index contributed by atoms with van der Waals surface area (Å²) >= 11 is 1.30. The monoisotopic (exact) mass is 421 g/mol. The summed E-state index contributed by atoms with van der Waals surface area (Å²) in [6.45, 7) is 2.03. The quantitative estimate of drug-likeness (QED) is 0.209. The molecule has 0 saturated heterocycles. The maximum absolute atomic E-state index is 11.9. The number of carbonyl (C=O) groups is 3. The van der Waals surface area contributed by atoms with Crippen LogP contribution in [0.4, 0.5) is 5.69 Å². The molecule has 0 aliphatic rings. The highest BCUT2D eigenvalue weighted by molar-refractivity contribution is 7.12. The fraction of sp³-hybridized carbons (Fsp3) is 0.0909. The minimum Gasteiger partial charge on any atom is -0.422 e. The van der Waals surface area contributed by atoms with Gasteiger partial charge in [0.2, 0.25) is 0 Å². The number of benzene rings is 2. The van der Waals surface area contributed by atoms with Crippen LogP contribution in [0.1, 0.15) is 27.7 Å². The number of hydrazone groups is 1. The number of aryl methyl sites for hydroxylation is 1. The molecule has 0 spiro atoms. The first kappa shape index (κ1) is 20.9. The molecule has 0 aliphatic carbocycles. The third-order valence-corrected chi connectivity index (χ3v) is 4.87. The first-order valence-corrected chi connectivity index (χ1v) is 10.0. The molecule has 0 fully saturated rings. The van der Waals surface area contributed by atoms with E-state index in [1.807, 2.05) is 19.1 Å². The van der Waals surface area contributed by atoms with Crippen molar-refractivity contribution in [1.29, 1.82) is 0 Å². The number of nitrogens with zero attached hydrogens (tertiary/aromatic N) is 1. The van der Waals surface area contributed by atoms with Crippen LogP contribution in [0, 0.1) is 0 Å². The molecule has 2 N–H and O–H groups in total. The number of amides is 2. The molecule has 0 unspecified atom stereocenters. The molecule has 2 aromatic carbocycles. The van der Waals surface area contributed by atoms with Gasteiger partial charge in [-0.05, 0) is 65.4 Å². The molecule has 3 rings (SSSR count). The van der Waals surface area contributed by atoms with Crippen LogP contribution in [0.3, 0.4) is 0 Å². The smallest absolute Gasteiger partial charge is 0.353 e. The summed E-state index contributed by atoms with van der Waals surface area (Å²) in [6.07, 6.45) is 2.27. The summed E-state index contributed by atoms with van der Waals surface area (Å²) in [7, 11) is 0. The second kappa shape index (κ2) is 10.1. The standard InChI is InChI=1S/C22H19N3O4S/c1-2-15-5-9-17(10-6-15)24-20(26)21(27)25-23-14-16-7-11-18(12-8-16)29-22(28)19-4-3-13-30-19/h3-14H,2H2,1H3,(H,24,26)(H,25,27). The molecule has 2 amide bonds. The number of ether oxygens (including phenoxy) is 1. The Morgan fingerprint density at radius 2 is 1.73 bits per heavy atom. The zero-order valence-corrected chi connectivity index (χ0v) is 16.9. The van der Waals surface area contributed by atoms with Crippen molar-refractivity contribution in [2.75, 3.05) is 5.32 Å². The first-order valence-electron chi connectivity index (χ1n) is 9.14. The van der Waals surface area contributed by atoms with Gasteiger partial charge in [0.15, 0.2) is 0 Å². The van der Waals surface area contributed by atoms with Gasteiger partial charge in [0, 0.05) is 5.69 Å². The van der Waals surface area contributed by atoms with Gasteiger partial charge >= 0.3 is 17.8 Å². The van der Waals surface area contributed by atoms with Gasteiger partial charge in [-0.3, -0.25) is 9.59 Å². The number of esters is 1. The highest BCUT2D eigenvalue weighted by atomic mass is 32.1. The number of carbonyl (C=O) groups excluding carboxylic acids is 3. The van der Waals surface area contributed by atoms with Gasteiger partial charge in [-0.2, -0.15) is 5.10 Å². The van der Waals surface area contributed by atoms with Crippen LogP contribution in [0.25, 0.3) is 0 Å². The van der Waals surface area contributed by atoms with Gasteiger partial charge in [-0.25, -0.2) is 10.2 Å². The Balaban J connectivity index is 1.48. The molecule has 3 aromatic rings. The zero-order valence-electron chi connectivity index (χ0n) is 16.1. The number of thiophene rings is 1. The van der Waals surface area contributed by atoms with Gasteiger partial charge in [0.25, 0.3) is 0 Å². The molecule has 8 heteroatoms. The number of anilines is 1. The van der Waals surface area contributed by atoms with Crippen LogP contribution in [0.2, 0.25) is 0 Å². The van der Waals surface area contributed by atoms with Crippen molar-refractivity contribution < 1.29 is 19.1 Å². The van der Waals surface area contributed by atoms with Crippen LogP contribution in [0.15, 0.2) is 71.1 Å². The summed E-state index contributed by atoms with van der Waals surface area (Å²) in [4.78, 5) is 36.2. The molecule has 0 bridgehead atoms. The minimum absolute atomic E-state index is 0.392. The molecule has 0 aliphatic heterocycles. The molecule has 1 heterocycles. The summed E-state index contributed by atoms with van der Waals surface area (Å²) in [6, 6.07) is 17.3. The Bertz CT molecular complexity index is 1040. The third kappa shape index (κ3) is 5.86. The lowest BCUT2D eigenvalue weighted by molar-refractivity contribution is -0.136. The van der Waals surface area contributed by atoms with E-state index in [0.29, 0.717) is 21.9 Å². The summed E-state index contributed by atoms with van der Waals surface area (Å²) in [5.41, 5.74) is 4.49. The van der Waals surface area contributed by atoms with Gasteiger partial charge in [-0.15, -0.1) is 11.3 Å². The van der Waals surface area contributed by atoms with Crippen LogP contribution < -0.4 is 15.5 Å². The fourth-order valence-electron chi connectivity index (χ4n) is 2.40. The number of hydrogen-bond donors (Lipinski definition) is 2. The number of hydrogen-bond acceptors (Lipinski definition) is 6. The Morgan fingerprint density at radius 1 is 1.00 bits per heavy atom. The van der Waals surface area contributed by atoms with E-state index < -0.39 is 17.8 Å². The van der Waals surface area contributed by atoms with E-state index in [1.54, 1.807) is 53.9 Å². The van der Waals surface area contributed by atoms with E-state index in [-0.39, 0.29) is 0 Å². The van der Waals surface area contributed by atoms with E-state index in [4.69, 9.17) is 4.74 Å². The SMILES string of the molecule is CCc1ccc(NC(=O)C(=O)NN=Cc2ccc(OC(=O)c3cccs3)cc2)cc1. The average molecular weight is 421 g/mol. The van der Waals surface area contributed by atoms with Crippen molar-refractivity contribution in [2.45, 2.75) is 13.3 Å². The van der Waals surface area contributed by atoms with Crippen LogP contribution in [0.5, 0.6) is 5.75 Å². The lowest BCUT2D eigenvalue weighted by atomic mass is 10.1. The van der Waals surface area contributed by atoms with Crippen molar-refractivity contribution in [3.05, 3.63) is 82.0 Å². The predicted molar refractivity (Wildman–Crippen MR) is 116 cm³/mol. The average Bonchev–Trinajstić information content (AvgIpc) is 3.30. The highest BCUT2D eigenvalue weighted by Gasteiger charge is 2.13. The van der Waals surface area contributed by atoms with Gasteiger partial charge in [-0.1, -0.05) is 25.1 Å². The van der Waals surface area contributed by atoms with Crippen molar-refractivity contribution in [3.8, 4) is 5.75 Å². The maximum atomic E-state index is 11.9. The van der Waals surface area contributed by atoms with Crippen LogP contribution in [-0.4, -0.2) is 24.0 Å². The van der Waals surface area contributed by atoms with E-state index >= 15 is 0 Å². The molecule has 0 atom stereocenters. The summed E-state index contributed by atoms with van der Waals surface area (Å²) in [5, 5.41) is 8.08. The van der Waals surface area contributed by atoms with E-state index in [2.05, 4.69) is 15.8 Å². The van der Waals surface area contributed by atoms with E-state index in [0.717, 1.165) is 12.0 Å². The largest absolute Gasteiger partial charge is 0.422 e. The normalized spacial score (nSPS) is 10.6. The van der Waals surface area contributed by atoms with Crippen molar-refractivity contribution in [2.24, 2.45) is 5.10 Å². The zero-order chi connectivity index (χ0) is 21.3. The van der Waals surface area contributed by atoms with Crippen LogP contribution >= 0.6 is 11.3 Å². The second-order valence-corrected chi connectivity index (χ2v) is 7.09. The van der Waals surface area contributed by atoms with Crippen molar-refractivity contribution >= 4 is 41.0 Å².